The minimum Gasteiger partial charge on any atom is -0.374 e. The SMILES string of the molecule is CN1CCOC(CNCC2Cc3ccccc3S2)C1. The van der Waals surface area contributed by atoms with Crippen LogP contribution < -0.4 is 5.32 Å². The van der Waals surface area contributed by atoms with Crippen molar-refractivity contribution >= 4 is 11.8 Å². The molecule has 1 aromatic rings. The van der Waals surface area contributed by atoms with E-state index in [0.29, 0.717) is 11.4 Å². The summed E-state index contributed by atoms with van der Waals surface area (Å²) in [6.07, 6.45) is 1.55. The van der Waals surface area contributed by atoms with Crippen LogP contribution in [-0.2, 0) is 11.2 Å². The molecule has 2 aliphatic rings. The summed E-state index contributed by atoms with van der Waals surface area (Å²) < 4.78 is 5.76. The Kier molecular flexibility index (Phi) is 4.43. The molecule has 0 bridgehead atoms. The number of hydrogen-bond acceptors (Lipinski definition) is 4. The molecule has 1 aromatic carbocycles. The molecular weight excluding hydrogens is 256 g/mol. The number of benzene rings is 1. The Morgan fingerprint density at radius 2 is 2.26 bits per heavy atom. The highest BCUT2D eigenvalue weighted by molar-refractivity contribution is 8.00. The highest BCUT2D eigenvalue weighted by Crippen LogP contribution is 2.36. The Morgan fingerprint density at radius 3 is 3.11 bits per heavy atom. The van der Waals surface area contributed by atoms with Crippen LogP contribution >= 0.6 is 11.8 Å². The number of nitrogens with zero attached hydrogens (tertiary/aromatic N) is 1. The summed E-state index contributed by atoms with van der Waals surface area (Å²) in [7, 11) is 2.17. The normalized spacial score (nSPS) is 27.4. The first-order valence-electron chi connectivity index (χ1n) is 7.06. The average Bonchev–Trinajstić information content (AvgIpc) is 2.81. The monoisotopic (exact) mass is 278 g/mol. The second-order valence-corrected chi connectivity index (χ2v) is 6.81. The minimum absolute atomic E-state index is 0.354. The first kappa shape index (κ1) is 13.4. The van der Waals surface area contributed by atoms with E-state index in [1.165, 1.54) is 16.9 Å². The fourth-order valence-electron chi connectivity index (χ4n) is 2.76. The van der Waals surface area contributed by atoms with Crippen molar-refractivity contribution in [1.82, 2.24) is 10.2 Å². The summed E-state index contributed by atoms with van der Waals surface area (Å²) >= 11 is 2.01. The lowest BCUT2D eigenvalue weighted by Gasteiger charge is -2.30. The van der Waals surface area contributed by atoms with E-state index in [1.807, 2.05) is 11.8 Å². The zero-order valence-corrected chi connectivity index (χ0v) is 12.3. The molecular formula is C15H22N2OS. The summed E-state index contributed by atoms with van der Waals surface area (Å²) in [4.78, 5) is 3.80. The fourth-order valence-corrected chi connectivity index (χ4v) is 4.05. The number of morpholine rings is 1. The summed E-state index contributed by atoms with van der Waals surface area (Å²) in [6, 6.07) is 8.76. The van der Waals surface area contributed by atoms with Crippen molar-refractivity contribution in [2.45, 2.75) is 22.7 Å². The Labute approximate surface area is 119 Å². The van der Waals surface area contributed by atoms with Gasteiger partial charge in [0.05, 0.1) is 12.7 Å². The Morgan fingerprint density at radius 1 is 1.37 bits per heavy atom. The third kappa shape index (κ3) is 3.51. The predicted molar refractivity (Wildman–Crippen MR) is 79.9 cm³/mol. The zero-order chi connectivity index (χ0) is 13.1. The van der Waals surface area contributed by atoms with Crippen LogP contribution in [0.5, 0.6) is 0 Å². The van der Waals surface area contributed by atoms with Gasteiger partial charge in [-0.1, -0.05) is 18.2 Å². The molecule has 3 nitrogen and oxygen atoms in total. The summed E-state index contributed by atoms with van der Waals surface area (Å²) in [6.45, 7) is 5.02. The number of likely N-dealkylation sites (N-methyl/N-ethyl adjacent to an activating group) is 1. The second-order valence-electron chi connectivity index (χ2n) is 5.46. The standard InChI is InChI=1S/C15H22N2OS/c1-17-6-7-18-13(11-17)9-16-10-14-8-12-4-2-3-5-15(12)19-14/h2-5,13-14,16H,6-11H2,1H3. The van der Waals surface area contributed by atoms with Crippen molar-refractivity contribution in [3.8, 4) is 0 Å². The van der Waals surface area contributed by atoms with Crippen LogP contribution in [0.2, 0.25) is 0 Å². The molecule has 1 N–H and O–H groups in total. The average molecular weight is 278 g/mol. The lowest BCUT2D eigenvalue weighted by molar-refractivity contribution is -0.0179. The number of nitrogens with one attached hydrogen (secondary N) is 1. The molecule has 19 heavy (non-hydrogen) atoms. The molecule has 1 saturated heterocycles. The van der Waals surface area contributed by atoms with E-state index in [1.54, 1.807) is 0 Å². The van der Waals surface area contributed by atoms with Crippen LogP contribution in [0.15, 0.2) is 29.2 Å². The molecule has 2 heterocycles. The van der Waals surface area contributed by atoms with Crippen LogP contribution in [0.4, 0.5) is 0 Å². The molecule has 2 unspecified atom stereocenters. The number of rotatable bonds is 4. The maximum Gasteiger partial charge on any atom is 0.0826 e. The van der Waals surface area contributed by atoms with E-state index in [-0.39, 0.29) is 0 Å². The van der Waals surface area contributed by atoms with Gasteiger partial charge in [0, 0.05) is 36.3 Å². The maximum atomic E-state index is 5.76. The van der Waals surface area contributed by atoms with Crippen molar-refractivity contribution in [3.63, 3.8) is 0 Å². The van der Waals surface area contributed by atoms with E-state index in [4.69, 9.17) is 4.74 Å². The van der Waals surface area contributed by atoms with E-state index in [0.717, 1.165) is 32.8 Å². The van der Waals surface area contributed by atoms with Crippen LogP contribution in [0.3, 0.4) is 0 Å². The Bertz CT molecular complexity index is 401. The van der Waals surface area contributed by atoms with E-state index in [9.17, 15) is 0 Å². The van der Waals surface area contributed by atoms with Gasteiger partial charge in [0.2, 0.25) is 0 Å². The molecule has 2 atom stereocenters. The lowest BCUT2D eigenvalue weighted by Crippen LogP contribution is -2.45. The molecule has 1 fully saturated rings. The van der Waals surface area contributed by atoms with Crippen LogP contribution in [0.25, 0.3) is 0 Å². The van der Waals surface area contributed by atoms with Gasteiger partial charge in [0.15, 0.2) is 0 Å². The third-order valence-corrected chi connectivity index (χ3v) is 5.12. The highest BCUT2D eigenvalue weighted by atomic mass is 32.2. The molecule has 4 heteroatoms. The van der Waals surface area contributed by atoms with E-state index >= 15 is 0 Å². The molecule has 3 rings (SSSR count). The van der Waals surface area contributed by atoms with Gasteiger partial charge in [0.25, 0.3) is 0 Å². The molecule has 0 amide bonds. The third-order valence-electron chi connectivity index (χ3n) is 3.80. The van der Waals surface area contributed by atoms with Crippen molar-refractivity contribution in [2.24, 2.45) is 0 Å². The molecule has 2 aliphatic heterocycles. The second kappa shape index (κ2) is 6.27. The summed E-state index contributed by atoms with van der Waals surface area (Å²) in [5, 5.41) is 4.26. The zero-order valence-electron chi connectivity index (χ0n) is 11.5. The maximum absolute atomic E-state index is 5.76. The van der Waals surface area contributed by atoms with Gasteiger partial charge in [-0.05, 0) is 25.1 Å². The lowest BCUT2D eigenvalue weighted by atomic mass is 10.1. The quantitative estimate of drug-likeness (QED) is 0.904. The molecule has 0 aromatic heterocycles. The Hall–Kier alpha value is -0.550. The number of thioether (sulfide) groups is 1. The fraction of sp³-hybridized carbons (Fsp3) is 0.600. The van der Waals surface area contributed by atoms with Crippen molar-refractivity contribution in [1.29, 1.82) is 0 Å². The van der Waals surface area contributed by atoms with Gasteiger partial charge < -0.3 is 15.0 Å². The van der Waals surface area contributed by atoms with E-state index in [2.05, 4.69) is 41.5 Å². The number of hydrogen-bond donors (Lipinski definition) is 1. The molecule has 104 valence electrons. The first-order valence-corrected chi connectivity index (χ1v) is 7.94. The molecule has 0 spiro atoms. The summed E-state index contributed by atoms with van der Waals surface area (Å²) in [5.74, 6) is 0. The van der Waals surface area contributed by atoms with Crippen molar-refractivity contribution in [2.75, 3.05) is 39.8 Å². The predicted octanol–water partition coefficient (Wildman–Crippen LogP) is 1.62. The number of fused-ring (bicyclic) bond motifs is 1. The van der Waals surface area contributed by atoms with E-state index < -0.39 is 0 Å². The largest absolute Gasteiger partial charge is 0.374 e. The molecule has 0 aliphatic carbocycles. The Balaban J connectivity index is 1.40. The van der Waals surface area contributed by atoms with Crippen LogP contribution in [0, 0.1) is 0 Å². The van der Waals surface area contributed by atoms with Gasteiger partial charge in [-0.25, -0.2) is 0 Å². The number of ether oxygens (including phenoxy) is 1. The summed E-state index contributed by atoms with van der Waals surface area (Å²) in [5.41, 5.74) is 1.51. The highest BCUT2D eigenvalue weighted by Gasteiger charge is 2.22. The topological polar surface area (TPSA) is 24.5 Å². The van der Waals surface area contributed by atoms with Crippen LogP contribution in [0.1, 0.15) is 5.56 Å². The molecule has 0 radical (unpaired) electrons. The van der Waals surface area contributed by atoms with Gasteiger partial charge in [-0.15, -0.1) is 11.8 Å². The van der Waals surface area contributed by atoms with Gasteiger partial charge in [0.1, 0.15) is 0 Å². The van der Waals surface area contributed by atoms with Gasteiger partial charge in [-0.2, -0.15) is 0 Å². The van der Waals surface area contributed by atoms with Crippen LogP contribution in [-0.4, -0.2) is 56.1 Å². The van der Waals surface area contributed by atoms with Gasteiger partial charge >= 0.3 is 0 Å². The van der Waals surface area contributed by atoms with Crippen molar-refractivity contribution < 1.29 is 4.74 Å². The minimum atomic E-state index is 0.354. The van der Waals surface area contributed by atoms with Gasteiger partial charge in [-0.3, -0.25) is 0 Å². The smallest absolute Gasteiger partial charge is 0.0826 e. The van der Waals surface area contributed by atoms with Crippen molar-refractivity contribution in [3.05, 3.63) is 29.8 Å². The molecule has 0 saturated carbocycles. The first-order chi connectivity index (χ1) is 9.31.